The van der Waals surface area contributed by atoms with Crippen molar-refractivity contribution in [2.75, 3.05) is 0 Å². The van der Waals surface area contributed by atoms with Gasteiger partial charge >= 0.3 is 0 Å². The average Bonchev–Trinajstić information content (AvgIpc) is 2.53. The Labute approximate surface area is 107 Å². The highest BCUT2D eigenvalue weighted by Gasteiger charge is 2.40. The fourth-order valence-electron chi connectivity index (χ4n) is 2.74. The second-order valence-corrected chi connectivity index (χ2v) is 5.21. The Hall–Kier alpha value is -1.42. The third kappa shape index (κ3) is 2.12. The van der Waals surface area contributed by atoms with Crippen LogP contribution in [0.2, 0.25) is 0 Å². The Morgan fingerprint density at radius 2 is 2.11 bits per heavy atom. The summed E-state index contributed by atoms with van der Waals surface area (Å²) < 4.78 is 13.2. The SMILES string of the molecule is Cc1cc(F)ccc1C1C(N)CC(=O)N1C(C)C. The van der Waals surface area contributed by atoms with Crippen LogP contribution in [-0.2, 0) is 4.79 Å². The predicted molar refractivity (Wildman–Crippen MR) is 68.5 cm³/mol. The van der Waals surface area contributed by atoms with Crippen LogP contribution in [0.3, 0.4) is 0 Å². The summed E-state index contributed by atoms with van der Waals surface area (Å²) >= 11 is 0. The van der Waals surface area contributed by atoms with Crippen LogP contribution >= 0.6 is 0 Å². The molecule has 0 aliphatic carbocycles. The molecule has 1 aromatic carbocycles. The van der Waals surface area contributed by atoms with Gasteiger partial charge in [0.25, 0.3) is 0 Å². The molecule has 1 heterocycles. The van der Waals surface area contributed by atoms with Gasteiger partial charge in [-0.2, -0.15) is 0 Å². The molecule has 1 amide bonds. The van der Waals surface area contributed by atoms with E-state index in [9.17, 15) is 9.18 Å². The summed E-state index contributed by atoms with van der Waals surface area (Å²) in [5, 5.41) is 0. The van der Waals surface area contributed by atoms with Gasteiger partial charge < -0.3 is 10.6 Å². The molecule has 0 spiro atoms. The summed E-state index contributed by atoms with van der Waals surface area (Å²) in [7, 11) is 0. The van der Waals surface area contributed by atoms with E-state index in [1.54, 1.807) is 6.07 Å². The summed E-state index contributed by atoms with van der Waals surface area (Å²) in [5.74, 6) is -0.184. The van der Waals surface area contributed by atoms with Crippen molar-refractivity contribution >= 4 is 5.91 Å². The van der Waals surface area contributed by atoms with Gasteiger partial charge in [-0.05, 0) is 44.0 Å². The average molecular weight is 250 g/mol. The molecule has 1 aromatic rings. The van der Waals surface area contributed by atoms with Crippen LogP contribution in [-0.4, -0.2) is 22.9 Å². The topological polar surface area (TPSA) is 46.3 Å². The number of benzene rings is 1. The Morgan fingerprint density at radius 3 is 2.67 bits per heavy atom. The second-order valence-electron chi connectivity index (χ2n) is 5.21. The van der Waals surface area contributed by atoms with E-state index in [2.05, 4.69) is 0 Å². The van der Waals surface area contributed by atoms with Crippen LogP contribution in [0.4, 0.5) is 4.39 Å². The molecule has 98 valence electrons. The molecule has 4 heteroatoms. The Bertz CT molecular complexity index is 473. The minimum atomic E-state index is -0.259. The number of hydrogen-bond acceptors (Lipinski definition) is 2. The molecule has 0 bridgehead atoms. The molecule has 1 fully saturated rings. The molecule has 1 aliphatic rings. The standard InChI is InChI=1S/C14H19FN2O/c1-8(2)17-13(18)7-12(16)14(17)11-5-4-10(15)6-9(11)3/h4-6,8,12,14H,7,16H2,1-3H3. The molecule has 0 aromatic heterocycles. The van der Waals surface area contributed by atoms with Crippen LogP contribution in [0, 0.1) is 12.7 Å². The molecular formula is C14H19FN2O. The molecular weight excluding hydrogens is 231 g/mol. The van der Waals surface area contributed by atoms with E-state index < -0.39 is 0 Å². The first-order chi connectivity index (χ1) is 8.41. The van der Waals surface area contributed by atoms with Crippen molar-refractivity contribution in [2.45, 2.75) is 45.3 Å². The fourth-order valence-corrected chi connectivity index (χ4v) is 2.74. The van der Waals surface area contributed by atoms with Gasteiger partial charge in [-0.25, -0.2) is 4.39 Å². The lowest BCUT2D eigenvalue weighted by Crippen LogP contribution is -2.38. The quantitative estimate of drug-likeness (QED) is 0.874. The van der Waals surface area contributed by atoms with Crippen LogP contribution in [0.25, 0.3) is 0 Å². The molecule has 0 radical (unpaired) electrons. The number of hydrogen-bond donors (Lipinski definition) is 1. The third-order valence-electron chi connectivity index (χ3n) is 3.51. The lowest BCUT2D eigenvalue weighted by molar-refractivity contribution is -0.130. The van der Waals surface area contributed by atoms with Crippen molar-refractivity contribution in [2.24, 2.45) is 5.73 Å². The number of carbonyl (C=O) groups excluding carboxylic acids is 1. The predicted octanol–water partition coefficient (Wildman–Crippen LogP) is 2.14. The maximum atomic E-state index is 13.2. The highest BCUT2D eigenvalue weighted by atomic mass is 19.1. The van der Waals surface area contributed by atoms with Gasteiger partial charge in [0.1, 0.15) is 5.82 Å². The Morgan fingerprint density at radius 1 is 1.44 bits per heavy atom. The highest BCUT2D eigenvalue weighted by Crippen LogP contribution is 2.35. The van der Waals surface area contributed by atoms with E-state index in [0.29, 0.717) is 6.42 Å². The van der Waals surface area contributed by atoms with Crippen LogP contribution in [0.15, 0.2) is 18.2 Å². The van der Waals surface area contributed by atoms with Gasteiger partial charge in [-0.1, -0.05) is 6.07 Å². The Kier molecular flexibility index (Phi) is 3.39. The zero-order chi connectivity index (χ0) is 13.4. The first-order valence-electron chi connectivity index (χ1n) is 6.24. The number of nitrogens with zero attached hydrogens (tertiary/aromatic N) is 1. The van der Waals surface area contributed by atoms with Crippen molar-refractivity contribution in [3.05, 3.63) is 35.1 Å². The smallest absolute Gasteiger partial charge is 0.225 e. The fraction of sp³-hybridized carbons (Fsp3) is 0.500. The van der Waals surface area contributed by atoms with Crippen molar-refractivity contribution in [3.8, 4) is 0 Å². The molecule has 1 saturated heterocycles. The number of aryl methyl sites for hydroxylation is 1. The summed E-state index contributed by atoms with van der Waals surface area (Å²) in [5.41, 5.74) is 7.87. The normalized spacial score (nSPS) is 24.1. The first-order valence-corrected chi connectivity index (χ1v) is 6.24. The van der Waals surface area contributed by atoms with Gasteiger partial charge in [-0.3, -0.25) is 4.79 Å². The third-order valence-corrected chi connectivity index (χ3v) is 3.51. The summed E-state index contributed by atoms with van der Waals surface area (Å²) in [4.78, 5) is 13.8. The molecule has 2 rings (SSSR count). The minimum Gasteiger partial charge on any atom is -0.332 e. The molecule has 1 aliphatic heterocycles. The number of likely N-dealkylation sites (tertiary alicyclic amines) is 1. The zero-order valence-electron chi connectivity index (χ0n) is 11.0. The summed E-state index contributed by atoms with van der Waals surface area (Å²) in [6, 6.07) is 4.39. The summed E-state index contributed by atoms with van der Waals surface area (Å²) in [6.07, 6.45) is 0.361. The first kappa shape index (κ1) is 13.0. The van der Waals surface area contributed by atoms with Gasteiger partial charge in [0.05, 0.1) is 6.04 Å². The molecule has 2 atom stereocenters. The molecule has 2 N–H and O–H groups in total. The number of carbonyl (C=O) groups is 1. The number of amides is 1. The largest absolute Gasteiger partial charge is 0.332 e. The van der Waals surface area contributed by atoms with E-state index in [4.69, 9.17) is 5.73 Å². The maximum Gasteiger partial charge on any atom is 0.225 e. The monoisotopic (exact) mass is 250 g/mol. The van der Waals surface area contributed by atoms with Gasteiger partial charge in [0, 0.05) is 18.5 Å². The van der Waals surface area contributed by atoms with E-state index in [-0.39, 0.29) is 29.8 Å². The van der Waals surface area contributed by atoms with Gasteiger partial charge in [0.2, 0.25) is 5.91 Å². The van der Waals surface area contributed by atoms with Crippen molar-refractivity contribution < 1.29 is 9.18 Å². The second kappa shape index (κ2) is 4.69. The lowest BCUT2D eigenvalue weighted by atomic mass is 9.96. The number of rotatable bonds is 2. The number of nitrogens with two attached hydrogens (primary N) is 1. The van der Waals surface area contributed by atoms with Crippen molar-refractivity contribution in [3.63, 3.8) is 0 Å². The van der Waals surface area contributed by atoms with Crippen molar-refractivity contribution in [1.29, 1.82) is 0 Å². The van der Waals surface area contributed by atoms with E-state index >= 15 is 0 Å². The minimum absolute atomic E-state index is 0.0752. The maximum absolute atomic E-state index is 13.2. The summed E-state index contributed by atoms with van der Waals surface area (Å²) in [6.45, 7) is 5.80. The molecule has 3 nitrogen and oxygen atoms in total. The lowest BCUT2D eigenvalue weighted by Gasteiger charge is -2.31. The molecule has 2 unspecified atom stereocenters. The van der Waals surface area contributed by atoms with Gasteiger partial charge in [0.15, 0.2) is 0 Å². The number of halogens is 1. The molecule has 0 saturated carbocycles. The zero-order valence-corrected chi connectivity index (χ0v) is 11.0. The molecule has 18 heavy (non-hydrogen) atoms. The Balaban J connectivity index is 2.43. The van der Waals surface area contributed by atoms with E-state index in [1.165, 1.54) is 12.1 Å². The van der Waals surface area contributed by atoms with Gasteiger partial charge in [-0.15, -0.1) is 0 Å². The van der Waals surface area contributed by atoms with E-state index in [1.807, 2.05) is 25.7 Å². The highest BCUT2D eigenvalue weighted by molar-refractivity contribution is 5.80. The van der Waals surface area contributed by atoms with E-state index in [0.717, 1.165) is 11.1 Å². The van der Waals surface area contributed by atoms with Crippen molar-refractivity contribution in [1.82, 2.24) is 4.90 Å². The van der Waals surface area contributed by atoms with Crippen LogP contribution in [0.5, 0.6) is 0 Å². The van der Waals surface area contributed by atoms with Crippen LogP contribution in [0.1, 0.15) is 37.4 Å². The van der Waals surface area contributed by atoms with Crippen LogP contribution < -0.4 is 5.73 Å².